The Morgan fingerprint density at radius 2 is 1.13 bits per heavy atom. The maximum absolute atomic E-state index is 9.33. The summed E-state index contributed by atoms with van der Waals surface area (Å²) in [6, 6.07) is 5.22. The molecule has 1 aromatic rings. The Kier molecular flexibility index (Phi) is 81.0. The Morgan fingerprint density at radius 1 is 0.696 bits per heavy atom. The maximum atomic E-state index is 9.33. The van der Waals surface area contributed by atoms with Gasteiger partial charge < -0.3 is 21.9 Å². The molecule has 6 heteroatoms. The summed E-state index contributed by atoms with van der Waals surface area (Å²) in [5.41, 5.74) is 13.3. The van der Waals surface area contributed by atoms with E-state index in [2.05, 4.69) is 145 Å². The number of hydrogen-bond donors (Lipinski definition) is 4. The molecule has 0 saturated carbocycles. The average molecular weight is 880 g/mol. The molecule has 46 heavy (non-hydrogen) atoms. The molecular formula is C40H87I2N3O. The number of aliphatic hydroxyl groups is 1. The minimum absolute atomic E-state index is 0.156. The molecular weight excluding hydrogens is 792 g/mol. The summed E-state index contributed by atoms with van der Waals surface area (Å²) in [5.74, 6) is 0. The Balaban J connectivity index is -0.0000000821. The fourth-order valence-corrected chi connectivity index (χ4v) is 4.90. The molecule has 0 aromatic heterocycles. The zero-order valence-electron chi connectivity index (χ0n) is 33.6. The van der Waals surface area contributed by atoms with Crippen LogP contribution >= 0.6 is 45.2 Å². The lowest BCUT2D eigenvalue weighted by atomic mass is 10.1. The molecule has 0 heterocycles. The van der Waals surface area contributed by atoms with Gasteiger partial charge in [-0.3, -0.25) is 0 Å². The van der Waals surface area contributed by atoms with E-state index in [9.17, 15) is 5.11 Å². The van der Waals surface area contributed by atoms with Crippen molar-refractivity contribution in [3.05, 3.63) is 43.6 Å². The number of halogens is 2. The minimum atomic E-state index is -0.156. The number of unbranched alkanes of at least 4 members (excludes halogenated alkanes) is 6. The number of aryl methyl sites for hydroxylation is 1. The van der Waals surface area contributed by atoms with E-state index >= 15 is 0 Å². The molecule has 4 nitrogen and oxygen atoms in total. The Labute approximate surface area is 320 Å². The van der Waals surface area contributed by atoms with Gasteiger partial charge in [-0.05, 0) is 135 Å². The van der Waals surface area contributed by atoms with Gasteiger partial charge in [0.25, 0.3) is 0 Å². The predicted molar refractivity (Wildman–Crippen MR) is 236 cm³/mol. The van der Waals surface area contributed by atoms with E-state index in [-0.39, 0.29) is 6.10 Å². The molecule has 1 rings (SSSR count). The number of aliphatic hydroxyl groups excluding tert-OH is 1. The smallest absolute Gasteiger partial charge is 0.0552 e. The fraction of sp³-hybridized carbons (Fsp3) is 0.800. The van der Waals surface area contributed by atoms with Crippen LogP contribution in [-0.2, 0) is 6.42 Å². The van der Waals surface area contributed by atoms with Crippen LogP contribution in [0.5, 0.6) is 0 Å². The van der Waals surface area contributed by atoms with E-state index in [0.29, 0.717) is 12.6 Å². The molecule has 0 aliphatic carbocycles. The number of nitrogens with two attached hydrogens (primary N) is 2. The standard InChI is InChI=1S/C10H23NO.C9H10I2.C6H15N.C4H11N.C4H10.C3H8.C2H6.C2H4/c1-2-3-4-5-6-7-10(12)8-9-11;1-3-7-4-8(10)6(2)9(11)5-7;1-4-5-6(2)7-3;1-2-3-4-5;1-3-4-2;1-3-2;2*1-2/h10,12H,2-9,11H2,1H3;4-5H,3H2,1-2H3;6-7H,4-5H2,1-3H3;2-5H2,1H3;3-4H2,1-2H3;3H2,1-2H3;1-2H3;1-2H2/t10-;;;;;;;/m1......./s1. The SMILES string of the molecule is C=C.CC.CCC.CCCC.CCCC(C)NC.CCCCCCC[C@@H](O)CCN.CCCCN.CCc1cc(I)c(C)c(I)c1. The quantitative estimate of drug-likeness (QED) is 0.0803. The van der Waals surface area contributed by atoms with Crippen molar-refractivity contribution < 1.29 is 5.11 Å². The first-order chi connectivity index (χ1) is 22.0. The third kappa shape index (κ3) is 63.0. The summed E-state index contributed by atoms with van der Waals surface area (Å²) in [5, 5.41) is 12.5. The monoisotopic (exact) mass is 879 g/mol. The van der Waals surface area contributed by atoms with E-state index in [1.54, 1.807) is 0 Å². The van der Waals surface area contributed by atoms with Crippen LogP contribution < -0.4 is 16.8 Å². The van der Waals surface area contributed by atoms with Crippen LogP contribution in [0.4, 0.5) is 0 Å². The summed E-state index contributed by atoms with van der Waals surface area (Å²) >= 11 is 4.79. The lowest BCUT2D eigenvalue weighted by Gasteiger charge is -2.07. The summed E-state index contributed by atoms with van der Waals surface area (Å²) in [7, 11) is 2.00. The Bertz CT molecular complexity index is 591. The van der Waals surface area contributed by atoms with Gasteiger partial charge in [-0.2, -0.15) is 0 Å². The topological polar surface area (TPSA) is 84.3 Å². The van der Waals surface area contributed by atoms with Crippen LogP contribution in [0.2, 0.25) is 0 Å². The maximum Gasteiger partial charge on any atom is 0.0552 e. The highest BCUT2D eigenvalue weighted by atomic mass is 127. The molecule has 0 amide bonds. The van der Waals surface area contributed by atoms with E-state index in [1.165, 1.54) is 88.9 Å². The summed E-state index contributed by atoms with van der Waals surface area (Å²) in [6.45, 7) is 33.2. The summed E-state index contributed by atoms with van der Waals surface area (Å²) in [6.07, 6.45) is 17.8. The van der Waals surface area contributed by atoms with Gasteiger partial charge in [0.1, 0.15) is 0 Å². The molecule has 0 spiro atoms. The van der Waals surface area contributed by atoms with E-state index in [0.717, 1.165) is 32.2 Å². The second-order valence-electron chi connectivity index (χ2n) is 10.8. The molecule has 0 fully saturated rings. The van der Waals surface area contributed by atoms with Crippen molar-refractivity contribution in [1.29, 1.82) is 0 Å². The molecule has 1 aromatic carbocycles. The Morgan fingerprint density at radius 3 is 1.39 bits per heavy atom. The first kappa shape index (κ1) is 61.5. The normalized spacial score (nSPS) is 10.2. The van der Waals surface area contributed by atoms with Crippen molar-refractivity contribution in [3.8, 4) is 0 Å². The van der Waals surface area contributed by atoms with Crippen molar-refractivity contribution in [1.82, 2.24) is 5.32 Å². The summed E-state index contributed by atoms with van der Waals surface area (Å²) < 4.78 is 2.76. The molecule has 2 atom stereocenters. The largest absolute Gasteiger partial charge is 0.393 e. The number of hydrogen-bond acceptors (Lipinski definition) is 4. The third-order valence-electron chi connectivity index (χ3n) is 6.16. The number of rotatable bonds is 15. The number of nitrogens with one attached hydrogen (secondary N) is 1. The highest BCUT2D eigenvalue weighted by molar-refractivity contribution is 14.1. The van der Waals surface area contributed by atoms with Gasteiger partial charge in [0, 0.05) is 13.2 Å². The first-order valence-corrected chi connectivity index (χ1v) is 20.9. The van der Waals surface area contributed by atoms with E-state index in [4.69, 9.17) is 11.5 Å². The van der Waals surface area contributed by atoms with Crippen LogP contribution in [0.3, 0.4) is 0 Å². The van der Waals surface area contributed by atoms with Gasteiger partial charge in [0.2, 0.25) is 0 Å². The molecule has 0 bridgehead atoms. The fourth-order valence-electron chi connectivity index (χ4n) is 3.00. The lowest BCUT2D eigenvalue weighted by Crippen LogP contribution is -2.20. The average Bonchev–Trinajstić information content (AvgIpc) is 3.07. The van der Waals surface area contributed by atoms with E-state index in [1.807, 2.05) is 20.9 Å². The van der Waals surface area contributed by atoms with E-state index < -0.39 is 0 Å². The van der Waals surface area contributed by atoms with Gasteiger partial charge in [-0.1, -0.05) is 133 Å². The minimum Gasteiger partial charge on any atom is -0.393 e. The Hall–Kier alpha value is 0.260. The second-order valence-corrected chi connectivity index (χ2v) is 13.1. The van der Waals surface area contributed by atoms with Crippen LogP contribution in [-0.4, -0.2) is 37.4 Å². The summed E-state index contributed by atoms with van der Waals surface area (Å²) in [4.78, 5) is 0. The van der Waals surface area contributed by atoms with Crippen LogP contribution in [0.1, 0.15) is 177 Å². The van der Waals surface area contributed by atoms with Gasteiger partial charge in [0.05, 0.1) is 6.10 Å². The van der Waals surface area contributed by atoms with Gasteiger partial charge in [0.15, 0.2) is 0 Å². The van der Waals surface area contributed by atoms with Crippen molar-refractivity contribution >= 4 is 45.2 Å². The molecule has 282 valence electrons. The van der Waals surface area contributed by atoms with Gasteiger partial charge in [-0.25, -0.2) is 0 Å². The molecule has 1 unspecified atom stereocenters. The lowest BCUT2D eigenvalue weighted by molar-refractivity contribution is 0.153. The van der Waals surface area contributed by atoms with Crippen molar-refractivity contribution in [2.24, 2.45) is 11.5 Å². The van der Waals surface area contributed by atoms with Crippen molar-refractivity contribution in [3.63, 3.8) is 0 Å². The van der Waals surface area contributed by atoms with Crippen LogP contribution in [0.25, 0.3) is 0 Å². The molecule has 0 saturated heterocycles. The third-order valence-corrected chi connectivity index (χ3v) is 8.40. The van der Waals surface area contributed by atoms with Crippen molar-refractivity contribution in [2.45, 2.75) is 192 Å². The van der Waals surface area contributed by atoms with Crippen molar-refractivity contribution in [2.75, 3.05) is 20.1 Å². The zero-order chi connectivity index (χ0) is 37.6. The molecule has 6 N–H and O–H groups in total. The van der Waals surface area contributed by atoms with Gasteiger partial charge >= 0.3 is 0 Å². The second kappa shape index (κ2) is 60.6. The zero-order valence-corrected chi connectivity index (χ0v) is 37.9. The van der Waals surface area contributed by atoms with Crippen LogP contribution in [0.15, 0.2) is 25.3 Å². The predicted octanol–water partition coefficient (Wildman–Crippen LogP) is 13.0. The van der Waals surface area contributed by atoms with Gasteiger partial charge in [-0.15, -0.1) is 13.2 Å². The number of benzene rings is 1. The molecule has 0 aliphatic heterocycles. The first-order valence-electron chi connectivity index (χ1n) is 18.7. The molecule has 0 aliphatic rings. The molecule has 0 radical (unpaired) electrons. The highest BCUT2D eigenvalue weighted by Crippen LogP contribution is 2.20. The highest BCUT2D eigenvalue weighted by Gasteiger charge is 2.01. The van der Waals surface area contributed by atoms with Crippen LogP contribution in [0, 0.1) is 14.1 Å².